The van der Waals surface area contributed by atoms with Gasteiger partial charge in [-0.3, -0.25) is 9.69 Å². The molecule has 1 saturated heterocycles. The number of methoxy groups -OCH3 is 1. The Balaban J connectivity index is 1.55. The van der Waals surface area contributed by atoms with Crippen LogP contribution in [-0.2, 0) is 11.4 Å². The molecule has 5 nitrogen and oxygen atoms in total. The van der Waals surface area contributed by atoms with E-state index in [-0.39, 0.29) is 5.91 Å². The van der Waals surface area contributed by atoms with Crippen molar-refractivity contribution in [2.24, 2.45) is 0 Å². The molecule has 0 atom stereocenters. The van der Waals surface area contributed by atoms with Crippen LogP contribution in [0, 0.1) is 6.92 Å². The number of thioether (sulfide) groups is 1. The average Bonchev–Trinajstić information content (AvgIpc) is 3.11. The molecule has 0 unspecified atom stereocenters. The van der Waals surface area contributed by atoms with E-state index in [0.29, 0.717) is 50.4 Å². The van der Waals surface area contributed by atoms with Crippen molar-refractivity contribution in [1.29, 1.82) is 0 Å². The van der Waals surface area contributed by atoms with E-state index in [2.05, 4.69) is 19.1 Å². The highest BCUT2D eigenvalue weighted by atomic mass is 35.5. The Hall–Kier alpha value is -3.00. The van der Waals surface area contributed by atoms with Crippen LogP contribution in [0.1, 0.15) is 23.6 Å². The lowest BCUT2D eigenvalue weighted by atomic mass is 10.1. The van der Waals surface area contributed by atoms with Gasteiger partial charge in [0, 0.05) is 0 Å². The predicted octanol–water partition coefficient (Wildman–Crippen LogP) is 7.04. The van der Waals surface area contributed by atoms with Crippen molar-refractivity contribution in [2.45, 2.75) is 20.5 Å². The van der Waals surface area contributed by atoms with Crippen LogP contribution in [0.2, 0.25) is 5.02 Å². The number of nitrogens with zero attached hydrogens (tertiary/aromatic N) is 1. The van der Waals surface area contributed by atoms with Crippen LogP contribution in [0.3, 0.4) is 0 Å². The number of rotatable bonds is 8. The van der Waals surface area contributed by atoms with Gasteiger partial charge in [0.15, 0.2) is 15.8 Å². The van der Waals surface area contributed by atoms with Gasteiger partial charge in [0.05, 0.1) is 29.3 Å². The zero-order valence-corrected chi connectivity index (χ0v) is 21.9. The molecule has 0 spiro atoms. The summed E-state index contributed by atoms with van der Waals surface area (Å²) in [5, 5.41) is 0.408. The molecular weight excluding hydrogens is 502 g/mol. The number of halogens is 1. The number of ether oxygens (including phenoxy) is 3. The smallest absolute Gasteiger partial charge is 0.270 e. The van der Waals surface area contributed by atoms with E-state index in [4.69, 9.17) is 38.0 Å². The third-order valence-corrected chi connectivity index (χ3v) is 6.83. The summed E-state index contributed by atoms with van der Waals surface area (Å²) in [6, 6.07) is 18.9. The molecule has 35 heavy (non-hydrogen) atoms. The summed E-state index contributed by atoms with van der Waals surface area (Å²) in [4.78, 5) is 15.2. The predicted molar refractivity (Wildman–Crippen MR) is 147 cm³/mol. The summed E-state index contributed by atoms with van der Waals surface area (Å²) >= 11 is 13.0. The molecule has 1 amide bonds. The van der Waals surface area contributed by atoms with Gasteiger partial charge in [-0.15, -0.1) is 0 Å². The van der Waals surface area contributed by atoms with Crippen LogP contribution in [0.5, 0.6) is 17.2 Å². The van der Waals surface area contributed by atoms with Crippen LogP contribution in [0.25, 0.3) is 6.08 Å². The standard InChI is InChI=1S/C27H24ClNO4S2/c1-4-32-24-13-18(8-10-23(24)33-16-19-7-5-6-17(2)12-19)14-25-26(30)29(27(34)35-25)20-9-11-22(31-3)21(28)15-20/h5-15H,4,16H2,1-3H3/b25-14-. The Morgan fingerprint density at radius 2 is 1.83 bits per heavy atom. The Morgan fingerprint density at radius 1 is 1.03 bits per heavy atom. The van der Waals surface area contributed by atoms with Crippen LogP contribution in [0.15, 0.2) is 65.6 Å². The van der Waals surface area contributed by atoms with E-state index in [0.717, 1.165) is 11.1 Å². The first-order valence-corrected chi connectivity index (χ1v) is 12.6. The molecule has 3 aromatic carbocycles. The largest absolute Gasteiger partial charge is 0.495 e. The summed E-state index contributed by atoms with van der Waals surface area (Å²) in [5.41, 5.74) is 3.67. The van der Waals surface area contributed by atoms with E-state index in [9.17, 15) is 4.79 Å². The number of carbonyl (C=O) groups is 1. The van der Waals surface area contributed by atoms with Crippen molar-refractivity contribution in [2.75, 3.05) is 18.6 Å². The van der Waals surface area contributed by atoms with E-state index in [1.807, 2.05) is 37.3 Å². The fraction of sp³-hybridized carbons (Fsp3) is 0.185. The molecule has 0 N–H and O–H groups in total. The number of hydrogen-bond donors (Lipinski definition) is 0. The average molecular weight is 526 g/mol. The van der Waals surface area contributed by atoms with Crippen LogP contribution in [-0.4, -0.2) is 23.9 Å². The number of aryl methyl sites for hydroxylation is 1. The van der Waals surface area contributed by atoms with Gasteiger partial charge in [0.2, 0.25) is 0 Å². The Bertz CT molecular complexity index is 1310. The molecule has 1 aliphatic heterocycles. The Morgan fingerprint density at radius 3 is 2.54 bits per heavy atom. The molecule has 3 aromatic rings. The van der Waals surface area contributed by atoms with Gasteiger partial charge in [-0.1, -0.05) is 71.5 Å². The molecule has 180 valence electrons. The van der Waals surface area contributed by atoms with Gasteiger partial charge < -0.3 is 14.2 Å². The first-order valence-electron chi connectivity index (χ1n) is 11.0. The van der Waals surface area contributed by atoms with Crippen molar-refractivity contribution in [3.8, 4) is 17.2 Å². The van der Waals surface area contributed by atoms with Crippen LogP contribution < -0.4 is 19.1 Å². The third kappa shape index (κ3) is 5.81. The molecule has 1 heterocycles. The quantitative estimate of drug-likeness (QED) is 0.232. The number of benzene rings is 3. The van der Waals surface area contributed by atoms with Gasteiger partial charge in [-0.2, -0.15) is 0 Å². The molecule has 0 saturated carbocycles. The van der Waals surface area contributed by atoms with E-state index >= 15 is 0 Å². The van der Waals surface area contributed by atoms with Gasteiger partial charge >= 0.3 is 0 Å². The maximum absolute atomic E-state index is 13.2. The number of carbonyl (C=O) groups excluding carboxylic acids is 1. The minimum Gasteiger partial charge on any atom is -0.495 e. The van der Waals surface area contributed by atoms with E-state index in [1.165, 1.54) is 22.2 Å². The number of hydrogen-bond acceptors (Lipinski definition) is 6. The Labute approximate surface area is 219 Å². The second kappa shape index (κ2) is 11.2. The summed E-state index contributed by atoms with van der Waals surface area (Å²) in [6.07, 6.45) is 1.80. The summed E-state index contributed by atoms with van der Waals surface area (Å²) in [7, 11) is 1.54. The number of thiocarbonyl (C=S) groups is 1. The highest BCUT2D eigenvalue weighted by Gasteiger charge is 2.33. The SMILES string of the molecule is CCOc1cc(/C=C2\SC(=S)N(c3ccc(OC)c(Cl)c3)C2=O)ccc1OCc1cccc(C)c1. The highest BCUT2D eigenvalue weighted by Crippen LogP contribution is 2.39. The van der Waals surface area contributed by atoms with E-state index < -0.39 is 0 Å². The molecule has 0 radical (unpaired) electrons. The van der Waals surface area contributed by atoms with Crippen molar-refractivity contribution >= 4 is 57.6 Å². The minimum absolute atomic E-state index is 0.209. The van der Waals surface area contributed by atoms with Gasteiger partial charge in [0.25, 0.3) is 5.91 Å². The lowest BCUT2D eigenvalue weighted by molar-refractivity contribution is -0.113. The molecule has 0 bridgehead atoms. The molecule has 0 aromatic heterocycles. The van der Waals surface area contributed by atoms with E-state index in [1.54, 1.807) is 31.4 Å². The first-order chi connectivity index (χ1) is 16.9. The van der Waals surface area contributed by atoms with Crippen molar-refractivity contribution < 1.29 is 19.0 Å². The highest BCUT2D eigenvalue weighted by molar-refractivity contribution is 8.27. The topological polar surface area (TPSA) is 48.0 Å². The lowest BCUT2D eigenvalue weighted by Crippen LogP contribution is -2.27. The van der Waals surface area contributed by atoms with Crippen LogP contribution >= 0.6 is 35.6 Å². The first kappa shape index (κ1) is 25.1. The molecule has 1 aliphatic rings. The van der Waals surface area contributed by atoms with Gasteiger partial charge in [-0.05, 0) is 61.4 Å². The normalized spacial score (nSPS) is 14.5. The zero-order chi connectivity index (χ0) is 24.9. The molecule has 4 rings (SSSR count). The van der Waals surface area contributed by atoms with Crippen molar-refractivity contribution in [3.63, 3.8) is 0 Å². The Kier molecular flexibility index (Phi) is 8.00. The maximum atomic E-state index is 13.2. The third-order valence-electron chi connectivity index (χ3n) is 5.23. The van der Waals surface area contributed by atoms with Crippen molar-refractivity contribution in [1.82, 2.24) is 0 Å². The van der Waals surface area contributed by atoms with Crippen molar-refractivity contribution in [3.05, 3.63) is 87.3 Å². The minimum atomic E-state index is -0.209. The fourth-order valence-corrected chi connectivity index (χ4v) is 5.15. The number of amides is 1. The number of anilines is 1. The summed E-state index contributed by atoms with van der Waals surface area (Å²) in [5.74, 6) is 1.58. The molecule has 1 fully saturated rings. The summed E-state index contributed by atoms with van der Waals surface area (Å²) < 4.78 is 17.5. The molecule has 0 aliphatic carbocycles. The van der Waals surface area contributed by atoms with Crippen LogP contribution in [0.4, 0.5) is 5.69 Å². The summed E-state index contributed by atoms with van der Waals surface area (Å²) in [6.45, 7) is 4.90. The second-order valence-corrected chi connectivity index (χ2v) is 9.84. The molecular formula is C27H24ClNO4S2. The van der Waals surface area contributed by atoms with Gasteiger partial charge in [-0.25, -0.2) is 0 Å². The second-order valence-electron chi connectivity index (χ2n) is 7.75. The van der Waals surface area contributed by atoms with Gasteiger partial charge in [0.1, 0.15) is 12.4 Å². The lowest BCUT2D eigenvalue weighted by Gasteiger charge is -2.15. The maximum Gasteiger partial charge on any atom is 0.270 e. The fourth-order valence-electron chi connectivity index (χ4n) is 3.60. The monoisotopic (exact) mass is 525 g/mol. The molecule has 8 heteroatoms. The zero-order valence-electron chi connectivity index (χ0n) is 19.5.